The van der Waals surface area contributed by atoms with Crippen molar-refractivity contribution in [3.05, 3.63) is 29.6 Å². The van der Waals surface area contributed by atoms with E-state index in [1.807, 2.05) is 11.5 Å². The molecule has 0 spiro atoms. The molecule has 0 amide bonds. The molecule has 92 valence electrons. The largest absolute Gasteiger partial charge is 0.330 e. The first-order chi connectivity index (χ1) is 8.17. The van der Waals surface area contributed by atoms with Crippen LogP contribution >= 0.6 is 0 Å². The van der Waals surface area contributed by atoms with Gasteiger partial charge in [-0.05, 0) is 13.0 Å². The second-order valence-corrected chi connectivity index (χ2v) is 3.93. The third-order valence-electron chi connectivity index (χ3n) is 2.77. The standard InChI is InChI=1S/C12H15F2N3/c1-2-12-16-10-6-8(13)9(14)7-11(10)17(12)5-3-4-15/h6-7H,2-5,15H2,1H3. The summed E-state index contributed by atoms with van der Waals surface area (Å²) in [6, 6.07) is 2.34. The Balaban J connectivity index is 2.57. The van der Waals surface area contributed by atoms with E-state index in [0.29, 0.717) is 24.1 Å². The van der Waals surface area contributed by atoms with Crippen molar-refractivity contribution in [2.45, 2.75) is 26.3 Å². The number of hydrogen-bond acceptors (Lipinski definition) is 2. The molecular formula is C12H15F2N3. The van der Waals surface area contributed by atoms with Crippen molar-refractivity contribution >= 4 is 11.0 Å². The van der Waals surface area contributed by atoms with Gasteiger partial charge in [-0.15, -0.1) is 0 Å². The number of hydrogen-bond donors (Lipinski definition) is 1. The minimum Gasteiger partial charge on any atom is -0.330 e. The van der Waals surface area contributed by atoms with E-state index in [0.717, 1.165) is 24.7 Å². The zero-order valence-electron chi connectivity index (χ0n) is 9.71. The molecule has 0 aliphatic rings. The Morgan fingerprint density at radius 2 is 2.00 bits per heavy atom. The molecule has 1 heterocycles. The van der Waals surface area contributed by atoms with Crippen molar-refractivity contribution in [2.75, 3.05) is 6.54 Å². The minimum absolute atomic E-state index is 0.498. The lowest BCUT2D eigenvalue weighted by Gasteiger charge is -2.06. The van der Waals surface area contributed by atoms with Crippen LogP contribution in [0, 0.1) is 11.6 Å². The molecule has 3 nitrogen and oxygen atoms in total. The predicted octanol–water partition coefficient (Wildman–Crippen LogP) is 2.23. The number of aromatic nitrogens is 2. The molecule has 0 saturated heterocycles. The highest BCUT2D eigenvalue weighted by Crippen LogP contribution is 2.20. The van der Waals surface area contributed by atoms with Gasteiger partial charge in [0.15, 0.2) is 11.6 Å². The lowest BCUT2D eigenvalue weighted by atomic mass is 10.3. The molecule has 0 aliphatic carbocycles. The van der Waals surface area contributed by atoms with E-state index < -0.39 is 11.6 Å². The average Bonchev–Trinajstić information content (AvgIpc) is 2.64. The molecule has 0 unspecified atom stereocenters. The SMILES string of the molecule is CCc1nc2cc(F)c(F)cc2n1CCCN. The quantitative estimate of drug-likeness (QED) is 0.889. The maximum atomic E-state index is 13.2. The van der Waals surface area contributed by atoms with Crippen LogP contribution in [0.3, 0.4) is 0 Å². The molecule has 2 rings (SSSR count). The third-order valence-corrected chi connectivity index (χ3v) is 2.77. The smallest absolute Gasteiger partial charge is 0.161 e. The normalized spacial score (nSPS) is 11.3. The Morgan fingerprint density at radius 3 is 2.65 bits per heavy atom. The first kappa shape index (κ1) is 12.0. The molecule has 17 heavy (non-hydrogen) atoms. The maximum absolute atomic E-state index is 13.2. The highest BCUT2D eigenvalue weighted by Gasteiger charge is 2.12. The molecule has 5 heteroatoms. The number of rotatable bonds is 4. The molecule has 1 aromatic heterocycles. The molecule has 2 aromatic rings. The van der Waals surface area contributed by atoms with Gasteiger partial charge in [0.1, 0.15) is 5.82 Å². The molecule has 0 aliphatic heterocycles. The Bertz CT molecular complexity index is 534. The molecule has 1 aromatic carbocycles. The molecule has 2 N–H and O–H groups in total. The fraction of sp³-hybridized carbons (Fsp3) is 0.417. The van der Waals surface area contributed by atoms with Gasteiger partial charge in [0.05, 0.1) is 11.0 Å². The van der Waals surface area contributed by atoms with E-state index in [1.54, 1.807) is 0 Å². The lowest BCUT2D eigenvalue weighted by Crippen LogP contribution is -2.08. The monoisotopic (exact) mass is 239 g/mol. The maximum Gasteiger partial charge on any atom is 0.161 e. The molecule has 0 radical (unpaired) electrons. The van der Waals surface area contributed by atoms with Crippen molar-refractivity contribution in [2.24, 2.45) is 5.73 Å². The minimum atomic E-state index is -0.858. The van der Waals surface area contributed by atoms with Crippen molar-refractivity contribution < 1.29 is 8.78 Å². The fourth-order valence-corrected chi connectivity index (χ4v) is 1.94. The number of imidazole rings is 1. The number of nitrogens with zero attached hydrogens (tertiary/aromatic N) is 2. The van der Waals surface area contributed by atoms with Crippen LogP contribution in [0.5, 0.6) is 0 Å². The predicted molar refractivity (Wildman–Crippen MR) is 62.7 cm³/mol. The van der Waals surface area contributed by atoms with E-state index in [2.05, 4.69) is 4.98 Å². The second kappa shape index (κ2) is 4.79. The second-order valence-electron chi connectivity index (χ2n) is 3.93. The summed E-state index contributed by atoms with van der Waals surface area (Å²) >= 11 is 0. The molecule has 0 fully saturated rings. The summed E-state index contributed by atoms with van der Waals surface area (Å²) in [6.45, 7) is 3.21. The van der Waals surface area contributed by atoms with E-state index in [-0.39, 0.29) is 0 Å². The highest BCUT2D eigenvalue weighted by atomic mass is 19.2. The summed E-state index contributed by atoms with van der Waals surface area (Å²) in [5.41, 5.74) is 6.60. The van der Waals surface area contributed by atoms with Crippen molar-refractivity contribution in [3.63, 3.8) is 0 Å². The Labute approximate surface area is 98.2 Å². The van der Waals surface area contributed by atoms with Gasteiger partial charge in [0.25, 0.3) is 0 Å². The Morgan fingerprint density at radius 1 is 1.29 bits per heavy atom. The average molecular weight is 239 g/mol. The van der Waals surface area contributed by atoms with E-state index in [1.165, 1.54) is 6.07 Å². The van der Waals surface area contributed by atoms with Crippen LogP contribution in [0.2, 0.25) is 0 Å². The summed E-state index contributed by atoms with van der Waals surface area (Å²) in [6.07, 6.45) is 1.51. The van der Waals surface area contributed by atoms with Gasteiger partial charge in [-0.1, -0.05) is 6.92 Å². The van der Waals surface area contributed by atoms with E-state index >= 15 is 0 Å². The van der Waals surface area contributed by atoms with Gasteiger partial charge < -0.3 is 10.3 Å². The van der Waals surface area contributed by atoms with Gasteiger partial charge in [-0.3, -0.25) is 0 Å². The summed E-state index contributed by atoms with van der Waals surface area (Å²) in [5.74, 6) is -0.865. The van der Waals surface area contributed by atoms with Crippen molar-refractivity contribution in [1.29, 1.82) is 0 Å². The highest BCUT2D eigenvalue weighted by molar-refractivity contribution is 5.76. The van der Waals surface area contributed by atoms with Gasteiger partial charge in [-0.2, -0.15) is 0 Å². The summed E-state index contributed by atoms with van der Waals surface area (Å²) in [7, 11) is 0. The fourth-order valence-electron chi connectivity index (χ4n) is 1.94. The summed E-state index contributed by atoms with van der Waals surface area (Å²) in [4.78, 5) is 4.30. The zero-order chi connectivity index (χ0) is 12.4. The Kier molecular flexibility index (Phi) is 3.38. The van der Waals surface area contributed by atoms with Crippen LogP contribution in [0.15, 0.2) is 12.1 Å². The first-order valence-corrected chi connectivity index (χ1v) is 5.71. The van der Waals surface area contributed by atoms with Gasteiger partial charge in [0.2, 0.25) is 0 Å². The van der Waals surface area contributed by atoms with E-state index in [4.69, 9.17) is 5.73 Å². The number of aryl methyl sites for hydroxylation is 2. The Hall–Kier alpha value is -1.49. The number of halogens is 2. The van der Waals surface area contributed by atoms with Crippen LogP contribution in [0.4, 0.5) is 8.78 Å². The molecular weight excluding hydrogens is 224 g/mol. The van der Waals surface area contributed by atoms with E-state index in [9.17, 15) is 8.78 Å². The van der Waals surface area contributed by atoms with Crippen LogP contribution < -0.4 is 5.73 Å². The summed E-state index contributed by atoms with van der Waals surface area (Å²) in [5, 5.41) is 0. The lowest BCUT2D eigenvalue weighted by molar-refractivity contribution is 0.510. The topological polar surface area (TPSA) is 43.8 Å². The first-order valence-electron chi connectivity index (χ1n) is 5.71. The van der Waals surface area contributed by atoms with Crippen LogP contribution in [-0.4, -0.2) is 16.1 Å². The zero-order valence-corrected chi connectivity index (χ0v) is 9.71. The molecule has 0 saturated carbocycles. The third kappa shape index (κ3) is 2.15. The summed E-state index contributed by atoms with van der Waals surface area (Å²) < 4.78 is 28.2. The number of fused-ring (bicyclic) bond motifs is 1. The van der Waals surface area contributed by atoms with Crippen LogP contribution in [-0.2, 0) is 13.0 Å². The number of nitrogens with two attached hydrogens (primary N) is 1. The molecule has 0 bridgehead atoms. The number of benzene rings is 1. The van der Waals surface area contributed by atoms with Gasteiger partial charge in [-0.25, -0.2) is 13.8 Å². The van der Waals surface area contributed by atoms with Crippen molar-refractivity contribution in [3.8, 4) is 0 Å². The van der Waals surface area contributed by atoms with Crippen LogP contribution in [0.1, 0.15) is 19.2 Å². The van der Waals surface area contributed by atoms with Gasteiger partial charge >= 0.3 is 0 Å². The van der Waals surface area contributed by atoms with Crippen molar-refractivity contribution in [1.82, 2.24) is 9.55 Å². The van der Waals surface area contributed by atoms with Crippen LogP contribution in [0.25, 0.3) is 11.0 Å². The van der Waals surface area contributed by atoms with Gasteiger partial charge in [0, 0.05) is 25.1 Å². The molecule has 0 atom stereocenters.